The Hall–Kier alpha value is -7.94. The van der Waals surface area contributed by atoms with E-state index in [4.69, 9.17) is 4.42 Å². The van der Waals surface area contributed by atoms with Crippen molar-refractivity contribution >= 4 is 49.6 Å². The minimum Gasteiger partial charge on any atom is -0.456 e. The maximum absolute atomic E-state index is 6.49. The molecule has 0 N–H and O–H groups in total. The lowest BCUT2D eigenvalue weighted by Gasteiger charge is -2.30. The summed E-state index contributed by atoms with van der Waals surface area (Å²) >= 11 is 0. The van der Waals surface area contributed by atoms with Crippen molar-refractivity contribution in [3.63, 3.8) is 0 Å². The number of anilines is 3. The quantitative estimate of drug-likeness (QED) is 0.143. The zero-order valence-electron chi connectivity index (χ0n) is 32.9. The topological polar surface area (TPSA) is 16.4 Å². The van der Waals surface area contributed by atoms with Gasteiger partial charge in [0.05, 0.1) is 11.4 Å². The zero-order valence-corrected chi connectivity index (χ0v) is 32.9. The van der Waals surface area contributed by atoms with Crippen LogP contribution in [0.25, 0.3) is 88.3 Å². The van der Waals surface area contributed by atoms with Crippen molar-refractivity contribution in [2.45, 2.75) is 0 Å². The van der Waals surface area contributed by atoms with Gasteiger partial charge in [0.15, 0.2) is 0 Å². The number of para-hydroxylation sites is 2. The lowest BCUT2D eigenvalue weighted by atomic mass is 9.93. The van der Waals surface area contributed by atoms with Gasteiger partial charge in [-0.15, -0.1) is 0 Å². The largest absolute Gasteiger partial charge is 0.456 e. The number of hydrogen-bond donors (Lipinski definition) is 0. The highest BCUT2D eigenvalue weighted by Gasteiger charge is 2.21. The first kappa shape index (κ1) is 35.2. The Morgan fingerprint density at radius 2 is 0.817 bits per heavy atom. The van der Waals surface area contributed by atoms with Crippen LogP contribution in [0.15, 0.2) is 241 Å². The van der Waals surface area contributed by atoms with Crippen LogP contribution >= 0.6 is 0 Å². The number of furan rings is 1. The highest BCUT2D eigenvalue weighted by Crippen LogP contribution is 2.46. The fourth-order valence-electron chi connectivity index (χ4n) is 8.73. The minimum absolute atomic E-state index is 0.858. The molecule has 1 aromatic heterocycles. The molecule has 0 amide bonds. The summed E-state index contributed by atoms with van der Waals surface area (Å²) in [6.45, 7) is 0. The van der Waals surface area contributed by atoms with Crippen molar-refractivity contribution < 1.29 is 4.42 Å². The fraction of sp³-hybridized carbons (Fsp3) is 0. The first-order valence-electron chi connectivity index (χ1n) is 20.5. The summed E-state index contributed by atoms with van der Waals surface area (Å²) in [6.07, 6.45) is 0. The summed E-state index contributed by atoms with van der Waals surface area (Å²) < 4.78 is 6.49. The van der Waals surface area contributed by atoms with Crippen LogP contribution in [0.3, 0.4) is 0 Å². The van der Waals surface area contributed by atoms with Gasteiger partial charge in [0, 0.05) is 27.6 Å². The van der Waals surface area contributed by atoms with E-state index < -0.39 is 0 Å². The normalized spacial score (nSPS) is 11.3. The molecular formula is C58H39NO. The van der Waals surface area contributed by atoms with Gasteiger partial charge in [-0.1, -0.05) is 194 Å². The molecule has 0 saturated heterocycles. The highest BCUT2D eigenvalue weighted by molar-refractivity contribution is 6.15. The van der Waals surface area contributed by atoms with Gasteiger partial charge in [0.1, 0.15) is 11.3 Å². The van der Waals surface area contributed by atoms with Crippen LogP contribution in [0.1, 0.15) is 0 Å². The second-order valence-electron chi connectivity index (χ2n) is 15.3. The van der Waals surface area contributed by atoms with Gasteiger partial charge >= 0.3 is 0 Å². The van der Waals surface area contributed by atoms with E-state index in [2.05, 4.69) is 229 Å². The van der Waals surface area contributed by atoms with Crippen LogP contribution in [0.4, 0.5) is 17.1 Å². The summed E-state index contributed by atoms with van der Waals surface area (Å²) in [7, 11) is 0. The van der Waals surface area contributed by atoms with Gasteiger partial charge in [-0.2, -0.15) is 0 Å². The average molecular weight is 766 g/mol. The van der Waals surface area contributed by atoms with Crippen LogP contribution in [0.2, 0.25) is 0 Å². The molecule has 0 fully saturated rings. The third-order valence-corrected chi connectivity index (χ3v) is 11.7. The van der Waals surface area contributed by atoms with Crippen LogP contribution < -0.4 is 4.90 Å². The molecule has 0 unspecified atom stereocenters. The van der Waals surface area contributed by atoms with E-state index in [1.807, 2.05) is 12.1 Å². The van der Waals surface area contributed by atoms with Gasteiger partial charge in [-0.05, 0) is 97.6 Å². The van der Waals surface area contributed by atoms with Crippen LogP contribution in [0.5, 0.6) is 0 Å². The molecule has 11 rings (SSSR count). The van der Waals surface area contributed by atoms with Crippen molar-refractivity contribution in [2.75, 3.05) is 4.90 Å². The van der Waals surface area contributed by atoms with Crippen molar-refractivity contribution in [3.05, 3.63) is 237 Å². The molecule has 0 atom stereocenters. The standard InChI is InChI=1S/C58H39NO/c1-3-15-40(16-4-1)41-27-29-44(30-28-41)51-22-12-13-25-55(51)59(56-38-46-19-7-9-21-49(46)52-23-10-11-24-53(52)56)48-34-31-42(32-35-48)45-33-36-50(43-17-5-2-6-18-43)54(37-45)58-39-47-20-8-14-26-57(47)60-58/h1-39H. The van der Waals surface area contributed by atoms with Gasteiger partial charge in [-0.3, -0.25) is 0 Å². The number of benzene rings is 10. The molecule has 0 spiro atoms. The number of nitrogens with zero attached hydrogens (tertiary/aromatic N) is 1. The third kappa shape index (κ3) is 6.41. The molecule has 0 saturated carbocycles. The molecule has 1 heterocycles. The predicted molar refractivity (Wildman–Crippen MR) is 253 cm³/mol. The lowest BCUT2D eigenvalue weighted by Crippen LogP contribution is -2.12. The summed E-state index contributed by atoms with van der Waals surface area (Å²) in [5.41, 5.74) is 14.5. The Balaban J connectivity index is 1.06. The highest BCUT2D eigenvalue weighted by atomic mass is 16.3. The first-order chi connectivity index (χ1) is 29.7. The monoisotopic (exact) mass is 765 g/mol. The molecule has 10 aromatic carbocycles. The molecule has 0 aliphatic carbocycles. The Morgan fingerprint density at radius 3 is 1.58 bits per heavy atom. The van der Waals surface area contributed by atoms with E-state index in [0.29, 0.717) is 0 Å². The molecule has 2 heteroatoms. The van der Waals surface area contributed by atoms with Crippen molar-refractivity contribution in [1.29, 1.82) is 0 Å². The van der Waals surface area contributed by atoms with Gasteiger partial charge in [-0.25, -0.2) is 0 Å². The third-order valence-electron chi connectivity index (χ3n) is 11.7. The molecule has 0 bridgehead atoms. The van der Waals surface area contributed by atoms with Gasteiger partial charge in [0.2, 0.25) is 0 Å². The predicted octanol–water partition coefficient (Wildman–Crippen LogP) is 16.5. The fourth-order valence-corrected chi connectivity index (χ4v) is 8.73. The smallest absolute Gasteiger partial charge is 0.136 e. The molecule has 60 heavy (non-hydrogen) atoms. The van der Waals surface area contributed by atoms with Crippen LogP contribution in [-0.2, 0) is 0 Å². The summed E-state index contributed by atoms with van der Waals surface area (Å²) in [5.74, 6) is 0.858. The molecule has 2 nitrogen and oxygen atoms in total. The summed E-state index contributed by atoms with van der Waals surface area (Å²) in [4.78, 5) is 2.44. The first-order valence-corrected chi connectivity index (χ1v) is 20.5. The molecule has 0 radical (unpaired) electrons. The molecule has 282 valence electrons. The Labute approximate surface area is 349 Å². The summed E-state index contributed by atoms with van der Waals surface area (Å²) in [6, 6.07) is 84.9. The minimum atomic E-state index is 0.858. The second kappa shape index (κ2) is 15.1. The van der Waals surface area contributed by atoms with E-state index in [1.54, 1.807) is 0 Å². The Kier molecular flexibility index (Phi) is 8.87. The Bertz CT molecular complexity index is 3260. The van der Waals surface area contributed by atoms with Crippen LogP contribution in [0, 0.1) is 0 Å². The van der Waals surface area contributed by atoms with E-state index in [0.717, 1.165) is 72.7 Å². The number of rotatable bonds is 8. The zero-order chi connectivity index (χ0) is 39.8. The van der Waals surface area contributed by atoms with E-state index in [1.165, 1.54) is 32.7 Å². The maximum atomic E-state index is 6.49. The number of fused-ring (bicyclic) bond motifs is 4. The maximum Gasteiger partial charge on any atom is 0.136 e. The second-order valence-corrected chi connectivity index (χ2v) is 15.3. The average Bonchev–Trinajstić information content (AvgIpc) is 3.77. The van der Waals surface area contributed by atoms with Gasteiger partial charge < -0.3 is 9.32 Å². The van der Waals surface area contributed by atoms with E-state index in [-0.39, 0.29) is 0 Å². The molecule has 0 aliphatic heterocycles. The molecular weight excluding hydrogens is 727 g/mol. The SMILES string of the molecule is c1ccc(-c2ccc(-c3ccccc3N(c3ccc(-c4ccc(-c5ccccc5)c(-c5cc6ccccc6o5)c4)cc3)c3cc4ccccc4c4ccccc34)cc2)cc1. The number of hydrogen-bond acceptors (Lipinski definition) is 2. The van der Waals surface area contributed by atoms with Crippen molar-refractivity contribution in [3.8, 4) is 55.8 Å². The summed E-state index contributed by atoms with van der Waals surface area (Å²) in [5, 5.41) is 5.97. The lowest BCUT2D eigenvalue weighted by molar-refractivity contribution is 0.632. The van der Waals surface area contributed by atoms with Crippen molar-refractivity contribution in [1.82, 2.24) is 0 Å². The van der Waals surface area contributed by atoms with Crippen molar-refractivity contribution in [2.24, 2.45) is 0 Å². The van der Waals surface area contributed by atoms with E-state index in [9.17, 15) is 0 Å². The van der Waals surface area contributed by atoms with Crippen LogP contribution in [-0.4, -0.2) is 0 Å². The van der Waals surface area contributed by atoms with Gasteiger partial charge in [0.25, 0.3) is 0 Å². The van der Waals surface area contributed by atoms with E-state index >= 15 is 0 Å². The molecule has 0 aliphatic rings. The molecule has 11 aromatic rings. The Morgan fingerprint density at radius 1 is 0.283 bits per heavy atom.